The Balaban J connectivity index is 1.92. The number of ether oxygens (including phenoxy) is 2. The maximum absolute atomic E-state index is 12.1. The molecule has 0 saturated carbocycles. The third-order valence-corrected chi connectivity index (χ3v) is 8.03. The van der Waals surface area contributed by atoms with Crippen molar-refractivity contribution in [1.29, 1.82) is 0 Å². The molecule has 204 valence electrons. The van der Waals surface area contributed by atoms with Crippen molar-refractivity contribution >= 4 is 11.9 Å². The van der Waals surface area contributed by atoms with Gasteiger partial charge >= 0.3 is 11.9 Å². The Morgan fingerprint density at radius 1 is 0.944 bits per heavy atom. The smallest absolute Gasteiger partial charge is 0.339 e. The average molecular weight is 503 g/mol. The second kappa shape index (κ2) is 13.5. The predicted molar refractivity (Wildman–Crippen MR) is 146 cm³/mol. The van der Waals surface area contributed by atoms with Crippen molar-refractivity contribution in [1.82, 2.24) is 0 Å². The third-order valence-electron chi connectivity index (χ3n) is 8.03. The normalized spacial score (nSPS) is 18.9. The van der Waals surface area contributed by atoms with Gasteiger partial charge in [0.2, 0.25) is 0 Å². The standard InChI is InChI=1S/C31H50O5/c1-20(2)12-9-13-21(3)14-10-15-22(4)16-11-18-31(8)19-17-26-27(30(33)34)29(35-25(7)32)24(6)23(5)28(26)36-31/h20-22H,9-19H2,1-8H3,(H,33,34)/t21-,22-,31-/m1/s1. The third kappa shape index (κ3) is 8.52. The van der Waals surface area contributed by atoms with E-state index in [9.17, 15) is 14.7 Å². The fourth-order valence-electron chi connectivity index (χ4n) is 5.54. The van der Waals surface area contributed by atoms with Crippen molar-refractivity contribution in [3.05, 3.63) is 22.3 Å². The summed E-state index contributed by atoms with van der Waals surface area (Å²) in [5.74, 6) is 1.56. The van der Waals surface area contributed by atoms with Crippen LogP contribution in [0.2, 0.25) is 0 Å². The van der Waals surface area contributed by atoms with Gasteiger partial charge in [0.05, 0.1) is 0 Å². The molecule has 0 fully saturated rings. The molecule has 0 saturated heterocycles. The van der Waals surface area contributed by atoms with Crippen molar-refractivity contribution in [2.45, 2.75) is 132 Å². The first-order valence-electron chi connectivity index (χ1n) is 14.1. The van der Waals surface area contributed by atoms with Crippen LogP contribution in [0.5, 0.6) is 11.5 Å². The monoisotopic (exact) mass is 502 g/mol. The number of hydrogen-bond acceptors (Lipinski definition) is 4. The van der Waals surface area contributed by atoms with Gasteiger partial charge in [-0.05, 0) is 75.3 Å². The fraction of sp³-hybridized carbons (Fsp3) is 0.742. The van der Waals surface area contributed by atoms with Gasteiger partial charge in [-0.3, -0.25) is 4.79 Å². The molecule has 5 nitrogen and oxygen atoms in total. The van der Waals surface area contributed by atoms with Crippen LogP contribution in [0.15, 0.2) is 0 Å². The largest absolute Gasteiger partial charge is 0.487 e. The summed E-state index contributed by atoms with van der Waals surface area (Å²) in [6, 6.07) is 0. The Labute approximate surface area is 219 Å². The number of carboxylic acid groups (broad SMARTS) is 1. The van der Waals surface area contributed by atoms with Crippen LogP contribution in [0.25, 0.3) is 0 Å². The van der Waals surface area contributed by atoms with Crippen molar-refractivity contribution in [2.24, 2.45) is 17.8 Å². The van der Waals surface area contributed by atoms with Gasteiger partial charge in [0.25, 0.3) is 0 Å². The van der Waals surface area contributed by atoms with Crippen LogP contribution in [0.3, 0.4) is 0 Å². The van der Waals surface area contributed by atoms with Gasteiger partial charge in [0.1, 0.15) is 22.7 Å². The quantitative estimate of drug-likeness (QED) is 0.204. The minimum Gasteiger partial charge on any atom is -0.487 e. The molecule has 5 heteroatoms. The number of rotatable bonds is 14. The molecule has 0 unspecified atom stereocenters. The Bertz CT molecular complexity index is 903. The molecule has 0 aromatic heterocycles. The SMILES string of the molecule is CC(=O)Oc1c(C)c(C)c2c(c1C(=O)O)CC[C@@](C)(CCC[C@H](C)CCC[C@H](C)CCCC(C)C)O2. The van der Waals surface area contributed by atoms with E-state index in [-0.39, 0.29) is 16.9 Å². The summed E-state index contributed by atoms with van der Waals surface area (Å²) in [6.07, 6.45) is 12.6. The van der Waals surface area contributed by atoms with E-state index in [0.29, 0.717) is 29.2 Å². The van der Waals surface area contributed by atoms with Gasteiger partial charge in [-0.1, -0.05) is 72.6 Å². The Morgan fingerprint density at radius 2 is 1.50 bits per heavy atom. The molecule has 0 bridgehead atoms. The van der Waals surface area contributed by atoms with Crippen LogP contribution >= 0.6 is 0 Å². The van der Waals surface area contributed by atoms with E-state index in [1.54, 1.807) is 6.92 Å². The summed E-state index contributed by atoms with van der Waals surface area (Å²) in [4.78, 5) is 23.7. The second-order valence-electron chi connectivity index (χ2n) is 12.1. The second-order valence-corrected chi connectivity index (χ2v) is 12.1. The Morgan fingerprint density at radius 3 is 2.03 bits per heavy atom. The number of esters is 1. The minimum absolute atomic E-state index is 0.0670. The summed E-state index contributed by atoms with van der Waals surface area (Å²) in [5.41, 5.74) is 1.91. The van der Waals surface area contributed by atoms with E-state index in [4.69, 9.17) is 9.47 Å². The lowest BCUT2D eigenvalue weighted by Crippen LogP contribution is -2.37. The molecule has 1 heterocycles. The first kappa shape index (κ1) is 30.2. The lowest BCUT2D eigenvalue weighted by Gasteiger charge is -2.38. The lowest BCUT2D eigenvalue weighted by atomic mass is 9.83. The molecule has 1 aromatic carbocycles. The van der Waals surface area contributed by atoms with Gasteiger partial charge in [0.15, 0.2) is 0 Å². The van der Waals surface area contributed by atoms with E-state index >= 15 is 0 Å². The van der Waals surface area contributed by atoms with E-state index in [1.807, 2.05) is 6.92 Å². The van der Waals surface area contributed by atoms with E-state index in [2.05, 4.69) is 34.6 Å². The van der Waals surface area contributed by atoms with Gasteiger partial charge in [-0.2, -0.15) is 0 Å². The van der Waals surface area contributed by atoms with Crippen molar-refractivity contribution in [2.75, 3.05) is 0 Å². The molecule has 0 radical (unpaired) electrons. The number of aromatic carboxylic acids is 1. The first-order chi connectivity index (χ1) is 16.8. The molecule has 3 atom stereocenters. The number of hydrogen-bond donors (Lipinski definition) is 1. The molecule has 1 N–H and O–H groups in total. The molecule has 1 aliphatic rings. The molecule has 36 heavy (non-hydrogen) atoms. The molecule has 1 aliphatic heterocycles. The van der Waals surface area contributed by atoms with Crippen LogP contribution < -0.4 is 9.47 Å². The van der Waals surface area contributed by atoms with E-state index in [1.165, 1.54) is 51.9 Å². The first-order valence-corrected chi connectivity index (χ1v) is 14.1. The number of fused-ring (bicyclic) bond motifs is 1. The minimum atomic E-state index is -1.08. The summed E-state index contributed by atoms with van der Waals surface area (Å²) in [7, 11) is 0. The maximum Gasteiger partial charge on any atom is 0.339 e. The van der Waals surface area contributed by atoms with Crippen LogP contribution in [-0.4, -0.2) is 22.6 Å². The van der Waals surface area contributed by atoms with Crippen LogP contribution in [0, 0.1) is 31.6 Å². The highest BCUT2D eigenvalue weighted by Gasteiger charge is 2.37. The molecule has 2 rings (SSSR count). The molecular formula is C31H50O5. The summed E-state index contributed by atoms with van der Waals surface area (Å²) in [6.45, 7) is 16.5. The summed E-state index contributed by atoms with van der Waals surface area (Å²) >= 11 is 0. The van der Waals surface area contributed by atoms with E-state index in [0.717, 1.165) is 36.7 Å². The molecular weight excluding hydrogens is 452 g/mol. The van der Waals surface area contributed by atoms with Crippen LogP contribution in [0.1, 0.15) is 133 Å². The molecule has 1 aromatic rings. The molecule has 0 spiro atoms. The number of carbonyl (C=O) groups is 2. The Hall–Kier alpha value is -2.04. The average Bonchev–Trinajstić information content (AvgIpc) is 2.77. The van der Waals surface area contributed by atoms with Gasteiger partial charge < -0.3 is 14.6 Å². The highest BCUT2D eigenvalue weighted by molar-refractivity contribution is 5.96. The zero-order valence-electron chi connectivity index (χ0n) is 24.1. The van der Waals surface area contributed by atoms with Crippen LogP contribution in [0.4, 0.5) is 0 Å². The highest BCUT2D eigenvalue weighted by Crippen LogP contribution is 2.45. The Kier molecular flexibility index (Phi) is 11.3. The van der Waals surface area contributed by atoms with Crippen molar-refractivity contribution in [3.8, 4) is 11.5 Å². The highest BCUT2D eigenvalue weighted by atomic mass is 16.5. The predicted octanol–water partition coefficient (Wildman–Crippen LogP) is 8.45. The number of carbonyl (C=O) groups excluding carboxylic acids is 1. The van der Waals surface area contributed by atoms with E-state index < -0.39 is 11.9 Å². The summed E-state index contributed by atoms with van der Waals surface area (Å²) < 4.78 is 11.9. The van der Waals surface area contributed by atoms with Gasteiger partial charge in [0, 0.05) is 12.5 Å². The zero-order chi connectivity index (χ0) is 27.0. The molecule has 0 amide bonds. The van der Waals surface area contributed by atoms with Gasteiger partial charge in [-0.15, -0.1) is 0 Å². The molecule has 0 aliphatic carbocycles. The van der Waals surface area contributed by atoms with Crippen LogP contribution in [-0.2, 0) is 11.2 Å². The topological polar surface area (TPSA) is 72.8 Å². The number of benzene rings is 1. The van der Waals surface area contributed by atoms with Gasteiger partial charge in [-0.25, -0.2) is 4.79 Å². The number of carboxylic acids is 1. The fourth-order valence-corrected chi connectivity index (χ4v) is 5.54. The van der Waals surface area contributed by atoms with Crippen molar-refractivity contribution in [3.63, 3.8) is 0 Å². The lowest BCUT2D eigenvalue weighted by molar-refractivity contribution is -0.131. The summed E-state index contributed by atoms with van der Waals surface area (Å²) in [5, 5.41) is 9.91. The zero-order valence-corrected chi connectivity index (χ0v) is 24.1. The van der Waals surface area contributed by atoms with Crippen molar-refractivity contribution < 1.29 is 24.2 Å². The maximum atomic E-state index is 12.1.